The maximum absolute atomic E-state index is 3.41. The fourth-order valence-corrected chi connectivity index (χ4v) is 4.13. The smallest absolute Gasteiger partial charge is 0.0299 e. The first-order valence-corrected chi connectivity index (χ1v) is 9.31. The van der Waals surface area contributed by atoms with Gasteiger partial charge in [0.2, 0.25) is 0 Å². The molecule has 110 valence electrons. The predicted octanol–water partition coefficient (Wildman–Crippen LogP) is 3.74. The van der Waals surface area contributed by atoms with Crippen LogP contribution in [-0.2, 0) is 13.1 Å². The molecule has 0 saturated heterocycles. The van der Waals surface area contributed by atoms with E-state index in [4.69, 9.17) is 0 Å². The highest BCUT2D eigenvalue weighted by Crippen LogP contribution is 2.24. The number of thiophene rings is 1. The summed E-state index contributed by atoms with van der Waals surface area (Å²) in [4.78, 5) is 5.43. The summed E-state index contributed by atoms with van der Waals surface area (Å²) in [5.74, 6) is 1.22. The third-order valence-corrected chi connectivity index (χ3v) is 5.31. The first kappa shape index (κ1) is 17.0. The van der Waals surface area contributed by atoms with E-state index in [1.165, 1.54) is 27.5 Å². The zero-order chi connectivity index (χ0) is 14.3. The fourth-order valence-electron chi connectivity index (χ4n) is 2.23. The van der Waals surface area contributed by atoms with E-state index in [-0.39, 0.29) is 0 Å². The molecule has 0 aliphatic carbocycles. The standard InChI is InChI=1S/C15H28N2S2/c1-6-14(11-18-5)17(4)10-13-8-15(9-16-7-2)19-12(13)3/h8,14,16H,6-7,9-11H2,1-5H3. The van der Waals surface area contributed by atoms with E-state index in [1.807, 2.05) is 23.1 Å². The summed E-state index contributed by atoms with van der Waals surface area (Å²) in [6.07, 6.45) is 3.42. The zero-order valence-corrected chi connectivity index (χ0v) is 14.6. The highest BCUT2D eigenvalue weighted by atomic mass is 32.2. The van der Waals surface area contributed by atoms with E-state index in [0.717, 1.165) is 19.6 Å². The van der Waals surface area contributed by atoms with Gasteiger partial charge in [-0.3, -0.25) is 4.90 Å². The van der Waals surface area contributed by atoms with Crippen molar-refractivity contribution in [3.8, 4) is 0 Å². The molecule has 0 fully saturated rings. The van der Waals surface area contributed by atoms with E-state index in [0.29, 0.717) is 6.04 Å². The molecular formula is C15H28N2S2. The Morgan fingerprint density at radius 2 is 2.16 bits per heavy atom. The Labute approximate surface area is 127 Å². The zero-order valence-electron chi connectivity index (χ0n) is 13.0. The summed E-state index contributed by atoms with van der Waals surface area (Å²) in [5.41, 5.74) is 1.50. The van der Waals surface area contributed by atoms with Crippen LogP contribution in [0.25, 0.3) is 0 Å². The number of nitrogens with zero attached hydrogens (tertiary/aromatic N) is 1. The lowest BCUT2D eigenvalue weighted by Gasteiger charge is -2.26. The molecular weight excluding hydrogens is 272 g/mol. The summed E-state index contributed by atoms with van der Waals surface area (Å²) in [6, 6.07) is 3.07. The van der Waals surface area contributed by atoms with Crippen molar-refractivity contribution in [3.63, 3.8) is 0 Å². The van der Waals surface area contributed by atoms with Gasteiger partial charge in [-0.05, 0) is 44.8 Å². The Kier molecular flexibility index (Phi) is 8.07. The Morgan fingerprint density at radius 1 is 1.42 bits per heavy atom. The average Bonchev–Trinajstić information content (AvgIpc) is 2.74. The predicted molar refractivity (Wildman–Crippen MR) is 90.4 cm³/mol. The summed E-state index contributed by atoms with van der Waals surface area (Å²) < 4.78 is 0. The summed E-state index contributed by atoms with van der Waals surface area (Å²) >= 11 is 3.88. The normalized spacial score (nSPS) is 13.2. The van der Waals surface area contributed by atoms with Gasteiger partial charge in [-0.25, -0.2) is 0 Å². The van der Waals surface area contributed by atoms with Crippen LogP contribution < -0.4 is 5.32 Å². The molecule has 1 heterocycles. The maximum Gasteiger partial charge on any atom is 0.0299 e. The molecule has 0 aromatic carbocycles. The minimum atomic E-state index is 0.687. The SMILES string of the molecule is CCNCc1cc(CN(C)C(CC)CSC)c(C)s1. The van der Waals surface area contributed by atoms with Gasteiger partial charge >= 0.3 is 0 Å². The fraction of sp³-hybridized carbons (Fsp3) is 0.733. The molecule has 19 heavy (non-hydrogen) atoms. The van der Waals surface area contributed by atoms with Crippen molar-refractivity contribution in [2.75, 3.05) is 25.6 Å². The van der Waals surface area contributed by atoms with Gasteiger partial charge in [-0.1, -0.05) is 13.8 Å². The van der Waals surface area contributed by atoms with Crippen molar-refractivity contribution in [1.29, 1.82) is 0 Å². The van der Waals surface area contributed by atoms with Crippen molar-refractivity contribution in [2.24, 2.45) is 0 Å². The summed E-state index contributed by atoms with van der Waals surface area (Å²) in [7, 11) is 2.26. The first-order valence-electron chi connectivity index (χ1n) is 7.10. The van der Waals surface area contributed by atoms with Crippen LogP contribution in [0.3, 0.4) is 0 Å². The average molecular weight is 301 g/mol. The second kappa shape index (κ2) is 9.01. The molecule has 0 aliphatic heterocycles. The molecule has 1 aromatic rings. The molecule has 0 amide bonds. The Morgan fingerprint density at radius 3 is 2.74 bits per heavy atom. The third kappa shape index (κ3) is 5.46. The van der Waals surface area contributed by atoms with Crippen LogP contribution in [0.15, 0.2) is 6.07 Å². The maximum atomic E-state index is 3.41. The van der Waals surface area contributed by atoms with Crippen LogP contribution in [0.1, 0.15) is 35.6 Å². The first-order chi connectivity index (χ1) is 9.12. The largest absolute Gasteiger partial charge is 0.312 e. The van der Waals surface area contributed by atoms with E-state index < -0.39 is 0 Å². The highest BCUT2D eigenvalue weighted by Gasteiger charge is 2.14. The molecule has 2 nitrogen and oxygen atoms in total. The van der Waals surface area contributed by atoms with E-state index in [1.54, 1.807) is 0 Å². The molecule has 1 rings (SSSR count). The van der Waals surface area contributed by atoms with E-state index in [2.05, 4.69) is 50.4 Å². The number of thioether (sulfide) groups is 1. The van der Waals surface area contributed by atoms with Gasteiger partial charge in [0.05, 0.1) is 0 Å². The monoisotopic (exact) mass is 300 g/mol. The van der Waals surface area contributed by atoms with Gasteiger partial charge in [0, 0.05) is 34.6 Å². The Bertz CT molecular complexity index is 363. The molecule has 0 saturated carbocycles. The topological polar surface area (TPSA) is 15.3 Å². The molecule has 0 radical (unpaired) electrons. The van der Waals surface area contributed by atoms with E-state index >= 15 is 0 Å². The minimum Gasteiger partial charge on any atom is -0.312 e. The van der Waals surface area contributed by atoms with Crippen molar-refractivity contribution >= 4 is 23.1 Å². The van der Waals surface area contributed by atoms with Gasteiger partial charge in [0.15, 0.2) is 0 Å². The van der Waals surface area contributed by atoms with Crippen molar-refractivity contribution < 1.29 is 0 Å². The molecule has 0 spiro atoms. The van der Waals surface area contributed by atoms with Gasteiger partial charge < -0.3 is 5.32 Å². The molecule has 1 atom stereocenters. The molecule has 1 N–H and O–H groups in total. The Hall–Kier alpha value is -0.0300. The summed E-state index contributed by atoms with van der Waals surface area (Å²) in [5, 5.41) is 3.41. The number of nitrogens with one attached hydrogen (secondary N) is 1. The number of aryl methyl sites for hydroxylation is 1. The second-order valence-electron chi connectivity index (χ2n) is 5.01. The molecule has 0 bridgehead atoms. The lowest BCUT2D eigenvalue weighted by molar-refractivity contribution is 0.248. The van der Waals surface area contributed by atoms with Crippen LogP contribution in [0.2, 0.25) is 0 Å². The van der Waals surface area contributed by atoms with Crippen LogP contribution in [0.5, 0.6) is 0 Å². The van der Waals surface area contributed by atoms with Crippen LogP contribution in [0, 0.1) is 6.92 Å². The van der Waals surface area contributed by atoms with Gasteiger partial charge in [0.1, 0.15) is 0 Å². The van der Waals surface area contributed by atoms with Crippen LogP contribution >= 0.6 is 23.1 Å². The number of hydrogen-bond acceptors (Lipinski definition) is 4. The lowest BCUT2D eigenvalue weighted by atomic mass is 10.2. The van der Waals surface area contributed by atoms with Crippen LogP contribution in [-0.4, -0.2) is 36.5 Å². The highest BCUT2D eigenvalue weighted by molar-refractivity contribution is 7.98. The van der Waals surface area contributed by atoms with Crippen LogP contribution in [0.4, 0.5) is 0 Å². The quantitative estimate of drug-likeness (QED) is 0.748. The van der Waals surface area contributed by atoms with Gasteiger partial charge in [0.25, 0.3) is 0 Å². The lowest BCUT2D eigenvalue weighted by Crippen LogP contribution is -2.32. The molecule has 1 aromatic heterocycles. The third-order valence-electron chi connectivity index (χ3n) is 3.49. The minimum absolute atomic E-state index is 0.687. The molecule has 4 heteroatoms. The summed E-state index contributed by atoms with van der Waals surface area (Å²) in [6.45, 7) is 9.82. The number of hydrogen-bond donors (Lipinski definition) is 1. The van der Waals surface area contributed by atoms with E-state index in [9.17, 15) is 0 Å². The molecule has 0 aliphatic rings. The van der Waals surface area contributed by atoms with Crippen molar-refractivity contribution in [2.45, 2.75) is 46.3 Å². The van der Waals surface area contributed by atoms with Crippen molar-refractivity contribution in [1.82, 2.24) is 10.2 Å². The van der Waals surface area contributed by atoms with Crippen molar-refractivity contribution in [3.05, 3.63) is 21.4 Å². The molecule has 1 unspecified atom stereocenters. The second-order valence-corrected chi connectivity index (χ2v) is 7.26. The number of rotatable bonds is 9. The Balaban J connectivity index is 2.62. The van der Waals surface area contributed by atoms with Gasteiger partial charge in [-0.2, -0.15) is 11.8 Å². The van der Waals surface area contributed by atoms with Gasteiger partial charge in [-0.15, -0.1) is 11.3 Å².